The summed E-state index contributed by atoms with van der Waals surface area (Å²) in [5.74, 6) is 1.30. The van der Waals surface area contributed by atoms with Gasteiger partial charge in [-0.1, -0.05) is 23.2 Å². The maximum Gasteiger partial charge on any atom is 0.242 e. The molecule has 0 radical (unpaired) electrons. The van der Waals surface area contributed by atoms with E-state index in [1.54, 1.807) is 11.0 Å². The smallest absolute Gasteiger partial charge is 0.242 e. The summed E-state index contributed by atoms with van der Waals surface area (Å²) in [5, 5.41) is 13.2. The lowest BCUT2D eigenvalue weighted by atomic mass is 9.46. The molecule has 2 aromatic rings. The minimum absolute atomic E-state index is 0.127. The van der Waals surface area contributed by atoms with Crippen molar-refractivity contribution >= 4 is 40.7 Å². The number of hydrogen-bond donors (Lipinski definition) is 1. The topological polar surface area (TPSA) is 77.6 Å². The van der Waals surface area contributed by atoms with Gasteiger partial charge in [0, 0.05) is 13.1 Å². The van der Waals surface area contributed by atoms with Gasteiger partial charge in [-0.3, -0.25) is 9.48 Å². The van der Waals surface area contributed by atoms with E-state index in [1.807, 2.05) is 11.6 Å². The van der Waals surface area contributed by atoms with Crippen molar-refractivity contribution in [3.63, 3.8) is 0 Å². The first-order valence-corrected chi connectivity index (χ1v) is 11.7. The average molecular weight is 472 g/mol. The molecule has 7 nitrogen and oxygen atoms in total. The molecule has 10 heteroatoms. The Morgan fingerprint density at radius 3 is 2.53 bits per heavy atom. The van der Waals surface area contributed by atoms with Crippen LogP contribution in [-0.2, 0) is 16.9 Å². The predicted octanol–water partition coefficient (Wildman–Crippen LogP) is 4.25. The Bertz CT molecular complexity index is 971. The molecule has 0 spiro atoms. The summed E-state index contributed by atoms with van der Waals surface area (Å²) in [6, 6.07) is 0. The average Bonchev–Trinajstić information content (AvgIpc) is 3.24. The van der Waals surface area contributed by atoms with Gasteiger partial charge in [-0.25, -0.2) is 9.67 Å². The van der Waals surface area contributed by atoms with E-state index in [0.717, 1.165) is 44.2 Å². The summed E-state index contributed by atoms with van der Waals surface area (Å²) in [5.41, 5.74) is 0.280. The van der Waals surface area contributed by atoms with Crippen LogP contribution in [0.2, 0.25) is 15.5 Å². The Morgan fingerprint density at radius 1 is 1.20 bits per heavy atom. The third kappa shape index (κ3) is 3.33. The van der Waals surface area contributed by atoms with E-state index in [2.05, 4.69) is 20.5 Å². The van der Waals surface area contributed by atoms with Crippen molar-refractivity contribution in [1.82, 2.24) is 29.9 Å². The number of aromatic nitrogens is 5. The lowest BCUT2D eigenvalue weighted by Gasteiger charge is -2.60. The molecule has 6 rings (SSSR count). The molecule has 1 N–H and O–H groups in total. The number of hydrogen-bond acceptors (Lipinski definition) is 4. The molecule has 4 fully saturated rings. The Labute approximate surface area is 190 Å². The van der Waals surface area contributed by atoms with E-state index in [1.165, 1.54) is 6.42 Å². The van der Waals surface area contributed by atoms with Crippen LogP contribution in [0.15, 0.2) is 6.33 Å². The third-order valence-corrected chi connectivity index (χ3v) is 8.40. The summed E-state index contributed by atoms with van der Waals surface area (Å²) in [4.78, 5) is 17.5. The Hall–Kier alpha value is -1.31. The van der Waals surface area contributed by atoms with Crippen molar-refractivity contribution in [1.29, 1.82) is 0 Å². The van der Waals surface area contributed by atoms with E-state index in [-0.39, 0.29) is 22.1 Å². The number of nitrogens with one attached hydrogen (secondary N) is 1. The van der Waals surface area contributed by atoms with Crippen LogP contribution in [-0.4, -0.2) is 37.0 Å². The van der Waals surface area contributed by atoms with Crippen molar-refractivity contribution in [3.05, 3.63) is 27.5 Å². The number of amides is 1. The van der Waals surface area contributed by atoms with Gasteiger partial charge in [0.25, 0.3) is 0 Å². The molecule has 0 saturated heterocycles. The molecule has 30 heavy (non-hydrogen) atoms. The van der Waals surface area contributed by atoms with Gasteiger partial charge in [-0.05, 0) is 75.3 Å². The number of halogens is 3. The quantitative estimate of drug-likeness (QED) is 0.639. The maximum absolute atomic E-state index is 13.4. The molecule has 2 atom stereocenters. The van der Waals surface area contributed by atoms with Crippen LogP contribution < -0.4 is 5.32 Å². The van der Waals surface area contributed by atoms with Crippen LogP contribution in [0, 0.1) is 24.2 Å². The van der Waals surface area contributed by atoms with Crippen molar-refractivity contribution < 1.29 is 4.79 Å². The monoisotopic (exact) mass is 470 g/mol. The van der Waals surface area contributed by atoms with E-state index in [9.17, 15) is 4.79 Å². The number of rotatable bonds is 6. The van der Waals surface area contributed by atoms with Gasteiger partial charge in [0.2, 0.25) is 11.2 Å². The first-order chi connectivity index (χ1) is 14.3. The van der Waals surface area contributed by atoms with Crippen molar-refractivity contribution in [3.8, 4) is 0 Å². The van der Waals surface area contributed by atoms with Crippen LogP contribution in [0.5, 0.6) is 0 Å². The van der Waals surface area contributed by atoms with Gasteiger partial charge < -0.3 is 5.32 Å². The number of nitrogens with zero attached hydrogens (tertiary/aromatic N) is 5. The fraction of sp³-hybridized carbons (Fsp3) is 0.700. The highest BCUT2D eigenvalue weighted by atomic mass is 35.5. The number of carbonyl (C=O) groups excluding carboxylic acids is 1. The number of aryl methyl sites for hydroxylation is 2. The van der Waals surface area contributed by atoms with Gasteiger partial charge in [-0.2, -0.15) is 5.10 Å². The predicted molar refractivity (Wildman–Crippen MR) is 115 cm³/mol. The van der Waals surface area contributed by atoms with Gasteiger partial charge >= 0.3 is 0 Å². The second kappa shape index (κ2) is 7.38. The Kier molecular flexibility index (Phi) is 5.07. The van der Waals surface area contributed by atoms with Crippen molar-refractivity contribution in [2.75, 3.05) is 6.54 Å². The molecule has 162 valence electrons. The first-order valence-electron chi connectivity index (χ1n) is 10.5. The Morgan fingerprint density at radius 2 is 1.93 bits per heavy atom. The first kappa shape index (κ1) is 20.6. The molecule has 2 unspecified atom stereocenters. The van der Waals surface area contributed by atoms with E-state index in [4.69, 9.17) is 34.8 Å². The fourth-order valence-electron chi connectivity index (χ4n) is 6.52. The Balaban J connectivity index is 1.25. The summed E-state index contributed by atoms with van der Waals surface area (Å²) in [6.07, 6.45) is 8.60. The lowest BCUT2D eigenvalue weighted by molar-refractivity contribution is -0.156. The highest BCUT2D eigenvalue weighted by Crippen LogP contribution is 2.64. The molecule has 0 aromatic carbocycles. The van der Waals surface area contributed by atoms with Crippen molar-refractivity contribution in [2.24, 2.45) is 17.3 Å². The van der Waals surface area contributed by atoms with E-state index < -0.39 is 0 Å². The summed E-state index contributed by atoms with van der Waals surface area (Å²) in [7, 11) is 0. The van der Waals surface area contributed by atoms with Gasteiger partial charge in [0.15, 0.2) is 0 Å². The maximum atomic E-state index is 13.4. The second-order valence-electron chi connectivity index (χ2n) is 9.45. The molecule has 2 aromatic heterocycles. The molecule has 1 amide bonds. The lowest BCUT2D eigenvalue weighted by Crippen LogP contribution is -2.61. The van der Waals surface area contributed by atoms with Crippen LogP contribution in [0.1, 0.15) is 50.6 Å². The molecular weight excluding hydrogens is 447 g/mol. The van der Waals surface area contributed by atoms with Crippen molar-refractivity contribution in [2.45, 2.75) is 64.0 Å². The van der Waals surface area contributed by atoms with Gasteiger partial charge in [0.1, 0.15) is 16.5 Å². The minimum atomic E-state index is -0.314. The van der Waals surface area contributed by atoms with Gasteiger partial charge in [0.05, 0.1) is 16.6 Å². The number of carbonyl (C=O) groups is 1. The van der Waals surface area contributed by atoms with Crippen LogP contribution in [0.3, 0.4) is 0 Å². The molecule has 4 saturated carbocycles. The molecule has 4 aliphatic carbocycles. The van der Waals surface area contributed by atoms with Crippen LogP contribution in [0.4, 0.5) is 0 Å². The largest absolute Gasteiger partial charge is 0.356 e. The fourth-order valence-corrected chi connectivity index (χ4v) is 7.04. The molecule has 4 aliphatic rings. The highest BCUT2D eigenvalue weighted by molar-refractivity contribution is 6.41. The summed E-state index contributed by atoms with van der Waals surface area (Å²) >= 11 is 18.3. The molecule has 2 heterocycles. The summed E-state index contributed by atoms with van der Waals surface area (Å²) < 4.78 is 3.64. The second-order valence-corrected chi connectivity index (χ2v) is 10.5. The molecule has 0 aliphatic heterocycles. The third-order valence-electron chi connectivity index (χ3n) is 7.29. The zero-order valence-electron chi connectivity index (χ0n) is 16.9. The van der Waals surface area contributed by atoms with Crippen LogP contribution >= 0.6 is 34.8 Å². The zero-order valence-corrected chi connectivity index (χ0v) is 19.1. The standard InChI is InChI=1S/C20H25Cl3N6O/c1-12-15(21)16(22)28(26-12)4-2-3-24-17(30)19-6-13-5-14(7-19)9-20(8-13,10-19)29-11-25-18(23)27-29/h11,13-14H,2-10H2,1H3,(H,24,30). The van der Waals surface area contributed by atoms with E-state index in [0.29, 0.717) is 35.1 Å². The highest BCUT2D eigenvalue weighted by Gasteiger charge is 2.61. The molecule has 4 bridgehead atoms. The van der Waals surface area contributed by atoms with Gasteiger partial charge in [-0.15, -0.1) is 5.10 Å². The molecular formula is C20H25Cl3N6O. The normalized spacial score (nSPS) is 32.0. The SMILES string of the molecule is Cc1nn(CCCNC(=O)C23CC4CC(C2)CC(n2cnc(Cl)n2)(C4)C3)c(Cl)c1Cl. The van der Waals surface area contributed by atoms with Crippen LogP contribution in [0.25, 0.3) is 0 Å². The zero-order chi connectivity index (χ0) is 21.1. The summed E-state index contributed by atoms with van der Waals surface area (Å²) in [6.45, 7) is 3.04. The van der Waals surface area contributed by atoms with E-state index >= 15 is 0 Å². The minimum Gasteiger partial charge on any atom is -0.356 e.